The first-order valence-corrected chi connectivity index (χ1v) is 7.88. The van der Waals surface area contributed by atoms with E-state index in [0.29, 0.717) is 5.69 Å². The molecular formula is C16H18F3N5O. The van der Waals surface area contributed by atoms with Crippen LogP contribution in [0.4, 0.5) is 13.2 Å². The van der Waals surface area contributed by atoms with Crippen molar-refractivity contribution < 1.29 is 18.0 Å². The Hall–Kier alpha value is -2.42. The normalized spacial score (nSPS) is 21.4. The molecule has 1 aromatic carbocycles. The standard InChI is InChI=1S/C16H18F3N5O/c1-10-3-2-4-12(7-10)24-9-13(21-22-24)15(25)23-8-11(20)5-6-14(23)16(17,18)19/h2-4,7,9,11,14H,5-6,8,20H2,1H3/t11-,14+/m1/s1. The third kappa shape index (κ3) is 3.65. The van der Waals surface area contributed by atoms with E-state index in [2.05, 4.69) is 10.3 Å². The minimum atomic E-state index is -4.50. The maximum absolute atomic E-state index is 13.2. The first-order valence-electron chi connectivity index (χ1n) is 7.88. The molecule has 134 valence electrons. The Bertz CT molecular complexity index is 773. The van der Waals surface area contributed by atoms with Gasteiger partial charge in [0.15, 0.2) is 5.69 Å². The van der Waals surface area contributed by atoms with Gasteiger partial charge >= 0.3 is 6.18 Å². The summed E-state index contributed by atoms with van der Waals surface area (Å²) in [5.41, 5.74) is 7.28. The van der Waals surface area contributed by atoms with Gasteiger partial charge in [0.05, 0.1) is 11.9 Å². The molecule has 6 nitrogen and oxygen atoms in total. The second-order valence-corrected chi connectivity index (χ2v) is 6.24. The topological polar surface area (TPSA) is 77.0 Å². The Labute approximate surface area is 142 Å². The van der Waals surface area contributed by atoms with Crippen LogP contribution in [0, 0.1) is 6.92 Å². The van der Waals surface area contributed by atoms with E-state index in [-0.39, 0.29) is 25.1 Å². The van der Waals surface area contributed by atoms with Gasteiger partial charge in [0.2, 0.25) is 0 Å². The quantitative estimate of drug-likeness (QED) is 0.897. The summed E-state index contributed by atoms with van der Waals surface area (Å²) < 4.78 is 41.1. The van der Waals surface area contributed by atoms with Crippen LogP contribution in [-0.4, -0.2) is 50.6 Å². The lowest BCUT2D eigenvalue weighted by molar-refractivity contribution is -0.184. The molecule has 0 spiro atoms. The van der Waals surface area contributed by atoms with Crippen LogP contribution in [0.1, 0.15) is 28.9 Å². The molecule has 1 aromatic heterocycles. The van der Waals surface area contributed by atoms with Crippen LogP contribution in [-0.2, 0) is 0 Å². The predicted molar refractivity (Wildman–Crippen MR) is 84.2 cm³/mol. The number of aromatic nitrogens is 3. The van der Waals surface area contributed by atoms with Gasteiger partial charge in [0.25, 0.3) is 5.91 Å². The van der Waals surface area contributed by atoms with E-state index in [1.54, 1.807) is 6.07 Å². The summed E-state index contributed by atoms with van der Waals surface area (Å²) in [6.45, 7) is 1.75. The number of carbonyl (C=O) groups excluding carboxylic acids is 1. The van der Waals surface area contributed by atoms with Gasteiger partial charge in [0.1, 0.15) is 6.04 Å². The van der Waals surface area contributed by atoms with Crippen LogP contribution >= 0.6 is 0 Å². The smallest absolute Gasteiger partial charge is 0.326 e. The average molecular weight is 353 g/mol. The van der Waals surface area contributed by atoms with Crippen molar-refractivity contribution in [2.75, 3.05) is 6.54 Å². The number of piperidine rings is 1. The molecule has 25 heavy (non-hydrogen) atoms. The Balaban J connectivity index is 1.87. The zero-order valence-electron chi connectivity index (χ0n) is 13.6. The number of likely N-dealkylation sites (tertiary alicyclic amines) is 1. The van der Waals surface area contributed by atoms with Crippen LogP contribution in [0.25, 0.3) is 5.69 Å². The van der Waals surface area contributed by atoms with Crippen LogP contribution in [0.3, 0.4) is 0 Å². The van der Waals surface area contributed by atoms with Crippen molar-refractivity contribution in [1.82, 2.24) is 19.9 Å². The number of halogens is 3. The number of aryl methyl sites for hydroxylation is 1. The third-order valence-electron chi connectivity index (χ3n) is 4.24. The molecule has 0 unspecified atom stereocenters. The van der Waals surface area contributed by atoms with Gasteiger partial charge in [0, 0.05) is 12.6 Å². The van der Waals surface area contributed by atoms with Crippen LogP contribution in [0.2, 0.25) is 0 Å². The molecule has 1 aliphatic heterocycles. The summed E-state index contributed by atoms with van der Waals surface area (Å²) in [7, 11) is 0. The number of hydrogen-bond donors (Lipinski definition) is 1. The van der Waals surface area contributed by atoms with Crippen LogP contribution < -0.4 is 5.73 Å². The summed E-state index contributed by atoms with van der Waals surface area (Å²) in [5.74, 6) is -0.809. The molecule has 2 aromatic rings. The molecule has 1 saturated heterocycles. The SMILES string of the molecule is Cc1cccc(-n2cc(C(=O)N3C[C@H](N)CC[C@H]3C(F)(F)F)nn2)c1. The minimum absolute atomic E-state index is 0.134. The minimum Gasteiger partial charge on any atom is -0.326 e. The van der Waals surface area contributed by atoms with E-state index in [9.17, 15) is 18.0 Å². The van der Waals surface area contributed by atoms with Crippen molar-refractivity contribution in [1.29, 1.82) is 0 Å². The van der Waals surface area contributed by atoms with Gasteiger partial charge in [-0.25, -0.2) is 4.68 Å². The highest BCUT2D eigenvalue weighted by atomic mass is 19.4. The lowest BCUT2D eigenvalue weighted by atomic mass is 9.98. The molecule has 2 N–H and O–H groups in total. The zero-order valence-corrected chi connectivity index (χ0v) is 13.6. The van der Waals surface area contributed by atoms with E-state index >= 15 is 0 Å². The van der Waals surface area contributed by atoms with Crippen molar-refractivity contribution in [2.45, 2.75) is 38.0 Å². The first-order chi connectivity index (χ1) is 11.8. The number of benzene rings is 1. The number of hydrogen-bond acceptors (Lipinski definition) is 4. The largest absolute Gasteiger partial charge is 0.408 e. The molecule has 0 saturated carbocycles. The highest BCUT2D eigenvalue weighted by Crippen LogP contribution is 2.32. The molecule has 1 amide bonds. The monoisotopic (exact) mass is 353 g/mol. The number of alkyl halides is 3. The zero-order chi connectivity index (χ0) is 18.2. The maximum Gasteiger partial charge on any atom is 0.408 e. The van der Waals surface area contributed by atoms with Crippen molar-refractivity contribution in [3.63, 3.8) is 0 Å². The lowest BCUT2D eigenvalue weighted by Gasteiger charge is -2.38. The summed E-state index contributed by atoms with van der Waals surface area (Å²) in [5, 5.41) is 7.61. The summed E-state index contributed by atoms with van der Waals surface area (Å²) in [4.78, 5) is 13.3. The molecule has 2 atom stereocenters. The fourth-order valence-corrected chi connectivity index (χ4v) is 2.97. The molecule has 9 heteroatoms. The number of nitrogens with zero attached hydrogens (tertiary/aromatic N) is 4. The number of rotatable bonds is 2. The second kappa shape index (κ2) is 6.47. The molecule has 0 bridgehead atoms. The lowest BCUT2D eigenvalue weighted by Crippen LogP contribution is -2.56. The van der Waals surface area contributed by atoms with Crippen molar-refractivity contribution in [3.05, 3.63) is 41.7 Å². The number of nitrogens with two attached hydrogens (primary N) is 1. The van der Waals surface area contributed by atoms with Gasteiger partial charge < -0.3 is 10.6 Å². The van der Waals surface area contributed by atoms with Crippen molar-refractivity contribution in [2.24, 2.45) is 5.73 Å². The molecule has 0 aliphatic carbocycles. The maximum atomic E-state index is 13.2. The van der Waals surface area contributed by atoms with Gasteiger partial charge in [-0.2, -0.15) is 13.2 Å². The summed E-state index contributed by atoms with van der Waals surface area (Å²) in [6.07, 6.45) is -3.14. The molecule has 2 heterocycles. The summed E-state index contributed by atoms with van der Waals surface area (Å²) >= 11 is 0. The molecule has 3 rings (SSSR count). The highest BCUT2D eigenvalue weighted by Gasteiger charge is 2.48. The first kappa shape index (κ1) is 17.4. The number of amides is 1. The van der Waals surface area contributed by atoms with Gasteiger partial charge in [-0.15, -0.1) is 5.10 Å². The van der Waals surface area contributed by atoms with Gasteiger partial charge in [-0.05, 0) is 37.5 Å². The molecular weight excluding hydrogens is 335 g/mol. The summed E-state index contributed by atoms with van der Waals surface area (Å²) in [6, 6.07) is 4.99. The van der Waals surface area contributed by atoms with Gasteiger partial charge in [-0.1, -0.05) is 17.3 Å². The molecule has 1 aliphatic rings. The van der Waals surface area contributed by atoms with E-state index in [1.807, 2.05) is 25.1 Å². The molecule has 0 radical (unpaired) electrons. The van der Waals surface area contributed by atoms with Crippen LogP contribution in [0.5, 0.6) is 0 Å². The Kier molecular flexibility index (Phi) is 4.51. The average Bonchev–Trinajstić information content (AvgIpc) is 3.03. The van der Waals surface area contributed by atoms with Crippen LogP contribution in [0.15, 0.2) is 30.5 Å². The Morgan fingerprint density at radius 3 is 2.76 bits per heavy atom. The predicted octanol–water partition coefficient (Wildman–Crippen LogP) is 2.07. The van der Waals surface area contributed by atoms with E-state index in [4.69, 9.17) is 5.73 Å². The van der Waals surface area contributed by atoms with Crippen molar-refractivity contribution in [3.8, 4) is 5.69 Å². The third-order valence-corrected chi connectivity index (χ3v) is 4.24. The Morgan fingerprint density at radius 1 is 1.32 bits per heavy atom. The van der Waals surface area contributed by atoms with E-state index in [1.165, 1.54) is 10.9 Å². The Morgan fingerprint density at radius 2 is 2.08 bits per heavy atom. The molecule has 1 fully saturated rings. The van der Waals surface area contributed by atoms with Gasteiger partial charge in [-0.3, -0.25) is 4.79 Å². The van der Waals surface area contributed by atoms with E-state index in [0.717, 1.165) is 10.5 Å². The number of carbonyl (C=O) groups is 1. The second-order valence-electron chi connectivity index (χ2n) is 6.24. The van der Waals surface area contributed by atoms with Crippen molar-refractivity contribution >= 4 is 5.91 Å². The highest BCUT2D eigenvalue weighted by molar-refractivity contribution is 5.92. The fraction of sp³-hybridized carbons (Fsp3) is 0.438. The fourth-order valence-electron chi connectivity index (χ4n) is 2.97. The van der Waals surface area contributed by atoms with E-state index < -0.39 is 24.2 Å².